The van der Waals surface area contributed by atoms with Gasteiger partial charge in [0, 0.05) is 30.7 Å². The molecule has 0 unspecified atom stereocenters. The highest BCUT2D eigenvalue weighted by Gasteiger charge is 2.33. The number of hydrogen-bond donors (Lipinski definition) is 0. The second-order valence-electron chi connectivity index (χ2n) is 7.66. The molecule has 1 saturated heterocycles. The van der Waals surface area contributed by atoms with Crippen LogP contribution in [0.25, 0.3) is 11.0 Å². The summed E-state index contributed by atoms with van der Waals surface area (Å²) < 4.78 is 1.90. The summed E-state index contributed by atoms with van der Waals surface area (Å²) in [5.41, 5.74) is 1.55. The van der Waals surface area contributed by atoms with Crippen molar-refractivity contribution in [1.82, 2.24) is 19.7 Å². The largest absolute Gasteiger partial charge is 0.338 e. The van der Waals surface area contributed by atoms with E-state index in [-0.39, 0.29) is 11.9 Å². The number of amides is 1. The molecule has 0 bridgehead atoms. The van der Waals surface area contributed by atoms with Crippen LogP contribution in [0.4, 0.5) is 0 Å². The molecule has 2 aromatic heterocycles. The first-order valence-electron chi connectivity index (χ1n) is 9.26. The Balaban J connectivity index is 1.55. The maximum absolute atomic E-state index is 12.9. The summed E-state index contributed by atoms with van der Waals surface area (Å²) in [6, 6.07) is 2.21. The van der Waals surface area contributed by atoms with Gasteiger partial charge in [0.05, 0.1) is 11.8 Å². The monoisotopic (exact) mass is 326 g/mol. The third-order valence-electron chi connectivity index (χ3n) is 5.75. The van der Waals surface area contributed by atoms with E-state index in [1.54, 1.807) is 6.20 Å². The van der Waals surface area contributed by atoms with Crippen LogP contribution in [0.15, 0.2) is 18.5 Å². The van der Waals surface area contributed by atoms with Crippen molar-refractivity contribution in [2.75, 3.05) is 13.1 Å². The second kappa shape index (κ2) is 6.19. The molecule has 2 aliphatic rings. The molecule has 4 rings (SSSR count). The third kappa shape index (κ3) is 2.70. The second-order valence-corrected chi connectivity index (χ2v) is 7.66. The molecule has 0 radical (unpaired) electrons. The minimum atomic E-state index is 0.130. The van der Waals surface area contributed by atoms with Gasteiger partial charge in [-0.2, -0.15) is 5.10 Å². The highest BCUT2D eigenvalue weighted by atomic mass is 16.2. The van der Waals surface area contributed by atoms with E-state index in [0.717, 1.165) is 36.5 Å². The number of carbonyl (C=O) groups is 1. The first kappa shape index (κ1) is 15.6. The normalized spacial score (nSPS) is 24.4. The van der Waals surface area contributed by atoms with Crippen LogP contribution in [0, 0.1) is 11.8 Å². The fourth-order valence-electron chi connectivity index (χ4n) is 4.40. The van der Waals surface area contributed by atoms with Gasteiger partial charge in [-0.1, -0.05) is 19.3 Å². The lowest BCUT2D eigenvalue weighted by Gasteiger charge is -2.41. The minimum absolute atomic E-state index is 0.130. The molecular formula is C19H26N4O. The van der Waals surface area contributed by atoms with Gasteiger partial charge in [-0.3, -0.25) is 4.79 Å². The number of fused-ring (bicyclic) bond motifs is 2. The number of likely N-dealkylation sites (tertiary alicyclic amines) is 1. The molecule has 1 saturated carbocycles. The van der Waals surface area contributed by atoms with Gasteiger partial charge in [0.2, 0.25) is 0 Å². The van der Waals surface area contributed by atoms with Gasteiger partial charge >= 0.3 is 0 Å². The molecule has 128 valence electrons. The molecule has 5 nitrogen and oxygen atoms in total. The summed E-state index contributed by atoms with van der Waals surface area (Å²) in [5, 5.41) is 5.34. The van der Waals surface area contributed by atoms with Crippen LogP contribution in [0.1, 0.15) is 62.4 Å². The SMILES string of the molecule is CC(C)n1ncc2cc(C(=O)N3CC[C@H]4CCCC[C@H]4C3)cnc21. The van der Waals surface area contributed by atoms with Gasteiger partial charge in [-0.15, -0.1) is 0 Å². The van der Waals surface area contributed by atoms with Crippen molar-refractivity contribution >= 4 is 16.9 Å². The maximum Gasteiger partial charge on any atom is 0.255 e. The Labute approximate surface area is 143 Å². The smallest absolute Gasteiger partial charge is 0.255 e. The first-order chi connectivity index (χ1) is 11.6. The van der Waals surface area contributed by atoms with Crippen LogP contribution in [0.3, 0.4) is 0 Å². The average Bonchev–Trinajstić information content (AvgIpc) is 3.04. The Kier molecular flexibility index (Phi) is 4.02. The van der Waals surface area contributed by atoms with Gasteiger partial charge in [0.15, 0.2) is 5.65 Å². The zero-order valence-corrected chi connectivity index (χ0v) is 14.6. The molecule has 0 N–H and O–H groups in total. The van der Waals surface area contributed by atoms with Crippen molar-refractivity contribution in [3.63, 3.8) is 0 Å². The Morgan fingerprint density at radius 2 is 1.96 bits per heavy atom. The van der Waals surface area contributed by atoms with Crippen LogP contribution >= 0.6 is 0 Å². The predicted molar refractivity (Wildman–Crippen MR) is 93.9 cm³/mol. The van der Waals surface area contributed by atoms with E-state index in [4.69, 9.17) is 0 Å². The van der Waals surface area contributed by atoms with E-state index >= 15 is 0 Å². The molecule has 2 atom stereocenters. The quantitative estimate of drug-likeness (QED) is 0.846. The Morgan fingerprint density at radius 3 is 2.75 bits per heavy atom. The van der Waals surface area contributed by atoms with Gasteiger partial charge in [0.1, 0.15) is 0 Å². The molecular weight excluding hydrogens is 300 g/mol. The lowest BCUT2D eigenvalue weighted by molar-refractivity contribution is 0.0520. The summed E-state index contributed by atoms with van der Waals surface area (Å²) in [5.74, 6) is 1.68. The number of pyridine rings is 1. The zero-order valence-electron chi connectivity index (χ0n) is 14.6. The molecule has 2 fully saturated rings. The van der Waals surface area contributed by atoms with Crippen molar-refractivity contribution in [1.29, 1.82) is 0 Å². The first-order valence-corrected chi connectivity index (χ1v) is 9.26. The van der Waals surface area contributed by atoms with E-state index in [0.29, 0.717) is 11.5 Å². The van der Waals surface area contributed by atoms with Gasteiger partial charge in [0.25, 0.3) is 5.91 Å². The lowest BCUT2D eigenvalue weighted by Crippen LogP contribution is -2.44. The van der Waals surface area contributed by atoms with Crippen molar-refractivity contribution in [2.24, 2.45) is 11.8 Å². The molecule has 3 heterocycles. The van der Waals surface area contributed by atoms with Crippen molar-refractivity contribution < 1.29 is 4.79 Å². The van der Waals surface area contributed by atoms with Crippen LogP contribution in [0.5, 0.6) is 0 Å². The molecule has 0 aromatic carbocycles. The molecule has 24 heavy (non-hydrogen) atoms. The van der Waals surface area contributed by atoms with Crippen molar-refractivity contribution in [3.8, 4) is 0 Å². The molecule has 2 aromatic rings. The highest BCUT2D eigenvalue weighted by molar-refractivity contribution is 5.96. The highest BCUT2D eigenvalue weighted by Crippen LogP contribution is 2.36. The minimum Gasteiger partial charge on any atom is -0.338 e. The summed E-state index contributed by atoms with van der Waals surface area (Å²) in [6.07, 6.45) is 10.0. The fraction of sp³-hybridized carbons (Fsp3) is 0.632. The number of rotatable bonds is 2. The molecule has 0 spiro atoms. The van der Waals surface area contributed by atoms with Crippen LogP contribution < -0.4 is 0 Å². The van der Waals surface area contributed by atoms with E-state index in [1.165, 1.54) is 25.7 Å². The number of nitrogens with zero attached hydrogens (tertiary/aromatic N) is 4. The average molecular weight is 326 g/mol. The Hall–Kier alpha value is -1.91. The molecule has 1 aliphatic heterocycles. The summed E-state index contributed by atoms with van der Waals surface area (Å²) in [6.45, 7) is 5.99. The zero-order chi connectivity index (χ0) is 16.7. The Morgan fingerprint density at radius 1 is 1.17 bits per heavy atom. The summed E-state index contributed by atoms with van der Waals surface area (Å²) in [7, 11) is 0. The van der Waals surface area contributed by atoms with Gasteiger partial charge < -0.3 is 4.90 Å². The standard InChI is InChI=1S/C19H26N4O/c1-13(2)23-18-16(11-21-23)9-17(10-20-18)19(24)22-8-7-14-5-3-4-6-15(14)12-22/h9-11,13-15H,3-8,12H2,1-2H3/t14-,15+/m1/s1. The number of piperidine rings is 1. The van der Waals surface area contributed by atoms with Crippen LogP contribution in [-0.4, -0.2) is 38.7 Å². The van der Waals surface area contributed by atoms with E-state index in [2.05, 4.69) is 23.9 Å². The fourth-order valence-corrected chi connectivity index (χ4v) is 4.40. The van der Waals surface area contributed by atoms with E-state index < -0.39 is 0 Å². The van der Waals surface area contributed by atoms with E-state index in [1.807, 2.05) is 21.8 Å². The maximum atomic E-state index is 12.9. The van der Waals surface area contributed by atoms with Crippen LogP contribution in [-0.2, 0) is 0 Å². The van der Waals surface area contributed by atoms with Gasteiger partial charge in [-0.05, 0) is 44.6 Å². The number of hydrogen-bond acceptors (Lipinski definition) is 3. The van der Waals surface area contributed by atoms with Gasteiger partial charge in [-0.25, -0.2) is 9.67 Å². The Bertz CT molecular complexity index is 751. The number of aromatic nitrogens is 3. The molecule has 1 aliphatic carbocycles. The van der Waals surface area contributed by atoms with E-state index in [9.17, 15) is 4.79 Å². The van der Waals surface area contributed by atoms with Crippen LogP contribution in [0.2, 0.25) is 0 Å². The molecule has 5 heteroatoms. The summed E-state index contributed by atoms with van der Waals surface area (Å²) >= 11 is 0. The summed E-state index contributed by atoms with van der Waals surface area (Å²) in [4.78, 5) is 19.5. The lowest BCUT2D eigenvalue weighted by atomic mass is 9.75. The predicted octanol–water partition coefficient (Wildman–Crippen LogP) is 3.66. The topological polar surface area (TPSA) is 51.0 Å². The third-order valence-corrected chi connectivity index (χ3v) is 5.75. The van der Waals surface area contributed by atoms with Crippen molar-refractivity contribution in [2.45, 2.75) is 52.0 Å². The number of carbonyl (C=O) groups excluding carboxylic acids is 1. The van der Waals surface area contributed by atoms with Crippen molar-refractivity contribution in [3.05, 3.63) is 24.0 Å². The molecule has 1 amide bonds.